The highest BCUT2D eigenvalue weighted by atomic mass is 16.2. The molecule has 6 heterocycles. The van der Waals surface area contributed by atoms with E-state index in [1.165, 1.54) is 6.42 Å². The second-order valence-electron chi connectivity index (χ2n) is 9.30. The number of carbonyl (C=O) groups is 1. The van der Waals surface area contributed by atoms with Gasteiger partial charge in [0.25, 0.3) is 5.91 Å². The van der Waals surface area contributed by atoms with Crippen molar-refractivity contribution in [3.63, 3.8) is 0 Å². The average Bonchev–Trinajstić information content (AvgIpc) is 3.49. The highest BCUT2D eigenvalue weighted by Crippen LogP contribution is 2.50. The van der Waals surface area contributed by atoms with Gasteiger partial charge in [0, 0.05) is 57.6 Å². The first-order valence-corrected chi connectivity index (χ1v) is 11.1. The van der Waals surface area contributed by atoms with Gasteiger partial charge in [-0.05, 0) is 37.5 Å². The summed E-state index contributed by atoms with van der Waals surface area (Å²) in [6.07, 6.45) is 10.6. The average molecular weight is 396 g/mol. The smallest absolute Gasteiger partial charge is 0.292 e. The van der Waals surface area contributed by atoms with Crippen molar-refractivity contribution in [1.82, 2.24) is 34.1 Å². The van der Waals surface area contributed by atoms with Crippen molar-refractivity contribution < 1.29 is 4.79 Å². The number of aromatic nitrogens is 5. The zero-order valence-corrected chi connectivity index (χ0v) is 17.1. The third-order valence-electron chi connectivity index (χ3n) is 7.77. The van der Waals surface area contributed by atoms with Gasteiger partial charge in [-0.1, -0.05) is 6.42 Å². The quantitative estimate of drug-likeness (QED) is 0.787. The van der Waals surface area contributed by atoms with Crippen molar-refractivity contribution in [2.75, 3.05) is 13.1 Å². The Morgan fingerprint density at radius 2 is 1.90 bits per heavy atom. The van der Waals surface area contributed by atoms with Crippen LogP contribution < -0.4 is 0 Å². The van der Waals surface area contributed by atoms with Crippen LogP contribution in [0.3, 0.4) is 0 Å². The fraction of sp³-hybridized carbons (Fsp3) is 0.714. The molecule has 29 heavy (non-hydrogen) atoms. The normalized spacial score (nSPS) is 31.1. The Kier molecular flexibility index (Phi) is 4.04. The molecule has 2 aromatic heterocycles. The maximum atomic E-state index is 13.5. The molecule has 154 valence electrons. The molecule has 4 aliphatic heterocycles. The molecule has 0 N–H and O–H groups in total. The molecule has 2 aromatic rings. The predicted molar refractivity (Wildman–Crippen MR) is 106 cm³/mol. The van der Waals surface area contributed by atoms with Crippen LogP contribution in [0.15, 0.2) is 12.4 Å². The Bertz CT molecular complexity index is 913. The van der Waals surface area contributed by atoms with E-state index >= 15 is 0 Å². The molecule has 6 rings (SSSR count). The molecule has 3 saturated heterocycles. The number of nitrogens with zero attached hydrogens (tertiary/aromatic N) is 7. The first-order chi connectivity index (χ1) is 14.2. The Balaban J connectivity index is 1.21. The van der Waals surface area contributed by atoms with E-state index in [0.717, 1.165) is 69.9 Å². The second-order valence-corrected chi connectivity index (χ2v) is 9.30. The Labute approximate surface area is 170 Å². The van der Waals surface area contributed by atoms with Crippen LogP contribution in [0.4, 0.5) is 0 Å². The number of imidazole rings is 1. The lowest BCUT2D eigenvalue weighted by atomic mass is 9.82. The van der Waals surface area contributed by atoms with Crippen molar-refractivity contribution in [3.05, 3.63) is 29.9 Å². The monoisotopic (exact) mass is 395 g/mol. The van der Waals surface area contributed by atoms with Gasteiger partial charge in [-0.2, -0.15) is 0 Å². The van der Waals surface area contributed by atoms with Crippen molar-refractivity contribution in [2.24, 2.45) is 18.9 Å². The molecule has 0 aliphatic carbocycles. The van der Waals surface area contributed by atoms with Gasteiger partial charge >= 0.3 is 0 Å². The Morgan fingerprint density at radius 3 is 2.62 bits per heavy atom. The summed E-state index contributed by atoms with van der Waals surface area (Å²) in [6.45, 7) is 3.93. The molecule has 4 atom stereocenters. The van der Waals surface area contributed by atoms with Gasteiger partial charge in [-0.3, -0.25) is 9.69 Å². The second kappa shape index (κ2) is 6.65. The minimum atomic E-state index is 0.128. The molecular formula is C21H29N7O. The molecule has 3 fully saturated rings. The van der Waals surface area contributed by atoms with Crippen LogP contribution in [-0.2, 0) is 26.6 Å². The lowest BCUT2D eigenvalue weighted by Crippen LogP contribution is -2.41. The van der Waals surface area contributed by atoms with Crippen LogP contribution in [0.2, 0.25) is 0 Å². The number of likely N-dealkylation sites (tertiary alicyclic amines) is 1. The third kappa shape index (κ3) is 2.68. The van der Waals surface area contributed by atoms with Crippen LogP contribution >= 0.6 is 0 Å². The zero-order valence-electron chi connectivity index (χ0n) is 17.1. The predicted octanol–water partition coefficient (Wildman–Crippen LogP) is 1.47. The minimum Gasteiger partial charge on any atom is -0.337 e. The fourth-order valence-electron chi connectivity index (χ4n) is 6.40. The minimum absolute atomic E-state index is 0.128. The van der Waals surface area contributed by atoms with Gasteiger partial charge in [0.1, 0.15) is 11.6 Å². The maximum absolute atomic E-state index is 13.5. The Morgan fingerprint density at radius 1 is 1.10 bits per heavy atom. The van der Waals surface area contributed by atoms with E-state index in [1.54, 1.807) is 0 Å². The molecule has 8 heteroatoms. The van der Waals surface area contributed by atoms with Crippen LogP contribution in [0, 0.1) is 11.8 Å². The van der Waals surface area contributed by atoms with Crippen LogP contribution in [-0.4, -0.2) is 65.2 Å². The summed E-state index contributed by atoms with van der Waals surface area (Å²) in [5, 5.41) is 8.71. The van der Waals surface area contributed by atoms with E-state index in [0.29, 0.717) is 29.7 Å². The van der Waals surface area contributed by atoms with Crippen LogP contribution in [0.25, 0.3) is 0 Å². The van der Waals surface area contributed by atoms with Crippen molar-refractivity contribution in [2.45, 2.75) is 63.7 Å². The third-order valence-corrected chi connectivity index (χ3v) is 7.77. The summed E-state index contributed by atoms with van der Waals surface area (Å²) in [6, 6.07) is 0.727. The van der Waals surface area contributed by atoms with E-state index in [1.807, 2.05) is 12.4 Å². The van der Waals surface area contributed by atoms with E-state index < -0.39 is 0 Å². The van der Waals surface area contributed by atoms with Gasteiger partial charge in [-0.25, -0.2) is 4.98 Å². The zero-order chi connectivity index (χ0) is 19.5. The number of amides is 1. The van der Waals surface area contributed by atoms with Crippen molar-refractivity contribution in [3.8, 4) is 0 Å². The highest BCUT2D eigenvalue weighted by molar-refractivity contribution is 5.92. The molecule has 2 bridgehead atoms. The molecular weight excluding hydrogens is 366 g/mol. The van der Waals surface area contributed by atoms with Crippen molar-refractivity contribution in [1.29, 1.82) is 0 Å². The molecule has 0 radical (unpaired) electrons. The van der Waals surface area contributed by atoms with Gasteiger partial charge < -0.3 is 14.0 Å². The summed E-state index contributed by atoms with van der Waals surface area (Å²) in [5.74, 6) is 4.01. The van der Waals surface area contributed by atoms with Gasteiger partial charge in [-0.15, -0.1) is 10.2 Å². The largest absolute Gasteiger partial charge is 0.337 e. The SMILES string of the molecule is Cn1ccnc1CN1C[C@@H]2[C@H](C1)[C@@H]1CC[C@H]2N1C(=O)c1nnc2n1CCCCC2. The number of carbonyl (C=O) groups excluding carboxylic acids is 1. The van der Waals surface area contributed by atoms with E-state index in [-0.39, 0.29) is 5.91 Å². The number of rotatable bonds is 3. The lowest BCUT2D eigenvalue weighted by molar-refractivity contribution is 0.0675. The molecule has 4 aliphatic rings. The molecule has 0 aromatic carbocycles. The van der Waals surface area contributed by atoms with Crippen LogP contribution in [0.5, 0.6) is 0 Å². The first-order valence-electron chi connectivity index (χ1n) is 11.1. The van der Waals surface area contributed by atoms with Gasteiger partial charge in [0.2, 0.25) is 5.82 Å². The van der Waals surface area contributed by atoms with E-state index in [4.69, 9.17) is 0 Å². The van der Waals surface area contributed by atoms with Crippen LogP contribution in [0.1, 0.15) is 54.4 Å². The first kappa shape index (κ1) is 17.6. The summed E-state index contributed by atoms with van der Waals surface area (Å²) in [7, 11) is 2.06. The van der Waals surface area contributed by atoms with E-state index in [2.05, 4.69) is 41.2 Å². The molecule has 8 nitrogen and oxygen atoms in total. The van der Waals surface area contributed by atoms with E-state index in [9.17, 15) is 4.79 Å². The molecule has 0 saturated carbocycles. The summed E-state index contributed by atoms with van der Waals surface area (Å²) >= 11 is 0. The summed E-state index contributed by atoms with van der Waals surface area (Å²) in [5.41, 5.74) is 0. The van der Waals surface area contributed by atoms with Gasteiger partial charge in [0.15, 0.2) is 0 Å². The Hall–Kier alpha value is -2.22. The highest BCUT2D eigenvalue weighted by Gasteiger charge is 2.58. The molecule has 1 amide bonds. The summed E-state index contributed by atoms with van der Waals surface area (Å²) in [4.78, 5) is 22.8. The molecule has 0 spiro atoms. The topological polar surface area (TPSA) is 72.1 Å². The number of hydrogen-bond acceptors (Lipinski definition) is 5. The lowest BCUT2D eigenvalue weighted by Gasteiger charge is -2.27. The fourth-order valence-corrected chi connectivity index (χ4v) is 6.40. The van der Waals surface area contributed by atoms with Crippen molar-refractivity contribution >= 4 is 5.91 Å². The number of aryl methyl sites for hydroxylation is 2. The van der Waals surface area contributed by atoms with Gasteiger partial charge in [0.05, 0.1) is 6.54 Å². The standard InChI is InChI=1S/C21H29N7O/c1-25-10-8-22-19(25)13-26-11-14-15(12-26)17-7-6-16(14)28(17)21(29)20-24-23-18-5-3-2-4-9-27(18)20/h8,10,14-17H,2-7,9,11-13H2,1H3/t14-,15+,16-,17+. The number of hydrogen-bond donors (Lipinski definition) is 0. The summed E-state index contributed by atoms with van der Waals surface area (Å²) < 4.78 is 4.21. The molecule has 0 unspecified atom stereocenters. The number of fused-ring (bicyclic) bond motifs is 6. The maximum Gasteiger partial charge on any atom is 0.292 e.